The number of benzene rings is 2. The van der Waals surface area contributed by atoms with E-state index >= 15 is 0 Å². The van der Waals surface area contributed by atoms with E-state index < -0.39 is 4.92 Å². The van der Waals surface area contributed by atoms with E-state index in [0.29, 0.717) is 5.56 Å². The molecule has 102 valence electrons. The van der Waals surface area contributed by atoms with Gasteiger partial charge in [-0.1, -0.05) is 18.2 Å². The molecule has 6 nitrogen and oxygen atoms in total. The van der Waals surface area contributed by atoms with Crippen molar-refractivity contribution in [3.8, 4) is 5.75 Å². The van der Waals surface area contributed by atoms with Crippen molar-refractivity contribution in [3.05, 3.63) is 64.2 Å². The predicted octanol–water partition coefficient (Wildman–Crippen LogP) is 2.77. The minimum atomic E-state index is -0.516. The van der Waals surface area contributed by atoms with Crippen LogP contribution in [-0.4, -0.2) is 23.3 Å². The van der Waals surface area contributed by atoms with Crippen LogP contribution in [0.1, 0.15) is 5.56 Å². The lowest BCUT2D eigenvalue weighted by atomic mass is 10.2. The average molecular weight is 271 g/mol. The van der Waals surface area contributed by atoms with E-state index in [4.69, 9.17) is 0 Å². The van der Waals surface area contributed by atoms with E-state index in [1.165, 1.54) is 24.4 Å². The third kappa shape index (κ3) is 3.11. The molecule has 0 fully saturated rings. The molecule has 0 radical (unpaired) electrons. The summed E-state index contributed by atoms with van der Waals surface area (Å²) in [7, 11) is 1.75. The summed E-state index contributed by atoms with van der Waals surface area (Å²) in [5.74, 6) is -0.0548. The molecule has 0 saturated heterocycles. The molecule has 2 aromatic carbocycles. The van der Waals surface area contributed by atoms with E-state index in [0.717, 1.165) is 5.69 Å². The number of rotatable bonds is 4. The van der Waals surface area contributed by atoms with E-state index in [-0.39, 0.29) is 11.4 Å². The van der Waals surface area contributed by atoms with E-state index in [1.807, 2.05) is 30.3 Å². The summed E-state index contributed by atoms with van der Waals surface area (Å²) < 4.78 is 0. The van der Waals surface area contributed by atoms with Gasteiger partial charge in [0.25, 0.3) is 5.69 Å². The predicted molar refractivity (Wildman–Crippen MR) is 77.2 cm³/mol. The monoisotopic (exact) mass is 271 g/mol. The lowest BCUT2D eigenvalue weighted by molar-refractivity contribution is -0.384. The number of phenols is 1. The Morgan fingerprint density at radius 3 is 2.60 bits per heavy atom. The highest BCUT2D eigenvalue weighted by molar-refractivity contribution is 5.85. The fourth-order valence-electron chi connectivity index (χ4n) is 1.62. The van der Waals surface area contributed by atoms with Gasteiger partial charge in [-0.3, -0.25) is 15.1 Å². The summed E-state index contributed by atoms with van der Waals surface area (Å²) in [6.45, 7) is 0. The van der Waals surface area contributed by atoms with Crippen molar-refractivity contribution in [1.82, 2.24) is 0 Å². The quantitative estimate of drug-likeness (QED) is 0.527. The van der Waals surface area contributed by atoms with E-state index in [2.05, 4.69) is 5.10 Å². The van der Waals surface area contributed by atoms with E-state index in [1.54, 1.807) is 12.1 Å². The minimum absolute atomic E-state index is 0.0548. The molecule has 0 amide bonds. The minimum Gasteiger partial charge on any atom is -0.507 e. The lowest BCUT2D eigenvalue weighted by Gasteiger charge is -2.12. The Morgan fingerprint density at radius 2 is 1.95 bits per heavy atom. The number of nitro benzene ring substituents is 1. The zero-order valence-electron chi connectivity index (χ0n) is 10.8. The first-order valence-electron chi connectivity index (χ1n) is 5.88. The fraction of sp³-hybridized carbons (Fsp3) is 0.0714. The Hall–Kier alpha value is -2.89. The normalized spacial score (nSPS) is 10.7. The number of non-ortho nitro benzene ring substituents is 1. The number of hydrogen-bond donors (Lipinski definition) is 1. The third-order valence-electron chi connectivity index (χ3n) is 2.72. The van der Waals surface area contributed by atoms with Gasteiger partial charge in [-0.25, -0.2) is 0 Å². The molecule has 0 aliphatic carbocycles. The maximum Gasteiger partial charge on any atom is 0.270 e. The molecule has 0 aliphatic rings. The summed E-state index contributed by atoms with van der Waals surface area (Å²) in [5.41, 5.74) is 1.07. The molecular weight excluding hydrogens is 258 g/mol. The second kappa shape index (κ2) is 5.83. The van der Waals surface area contributed by atoms with Gasteiger partial charge in [-0.2, -0.15) is 5.10 Å². The van der Waals surface area contributed by atoms with Crippen molar-refractivity contribution >= 4 is 17.6 Å². The molecule has 0 atom stereocenters. The van der Waals surface area contributed by atoms with Gasteiger partial charge in [-0.15, -0.1) is 0 Å². The van der Waals surface area contributed by atoms with Crippen LogP contribution in [0.4, 0.5) is 11.4 Å². The van der Waals surface area contributed by atoms with Crippen LogP contribution in [0.15, 0.2) is 53.6 Å². The molecule has 2 aromatic rings. The third-order valence-corrected chi connectivity index (χ3v) is 2.72. The van der Waals surface area contributed by atoms with Gasteiger partial charge in [-0.05, 0) is 18.2 Å². The van der Waals surface area contributed by atoms with Crippen LogP contribution < -0.4 is 5.01 Å². The molecule has 0 saturated carbocycles. The molecule has 0 unspecified atom stereocenters. The molecule has 0 aromatic heterocycles. The highest BCUT2D eigenvalue weighted by atomic mass is 16.6. The highest BCUT2D eigenvalue weighted by Crippen LogP contribution is 2.21. The standard InChI is InChI=1S/C14H13N3O3/c1-16(12-5-3-2-4-6-12)15-10-11-9-13(17(19)20)7-8-14(11)18/h2-10,18H,1H3. The number of phenolic OH excluding ortho intramolecular Hbond substituents is 1. The highest BCUT2D eigenvalue weighted by Gasteiger charge is 2.09. The molecule has 2 rings (SSSR count). The Morgan fingerprint density at radius 1 is 1.25 bits per heavy atom. The Labute approximate surface area is 115 Å². The molecule has 0 bridgehead atoms. The smallest absolute Gasteiger partial charge is 0.270 e. The summed E-state index contributed by atoms with van der Waals surface area (Å²) in [5, 5.41) is 26.1. The van der Waals surface area contributed by atoms with Crippen LogP contribution in [0.2, 0.25) is 0 Å². The van der Waals surface area contributed by atoms with Gasteiger partial charge < -0.3 is 5.11 Å². The molecule has 0 aliphatic heterocycles. The molecule has 1 N–H and O–H groups in total. The van der Waals surface area contributed by atoms with Gasteiger partial charge in [0.05, 0.1) is 16.8 Å². The number of anilines is 1. The summed E-state index contributed by atoms with van der Waals surface area (Å²) in [4.78, 5) is 10.2. The molecule has 0 spiro atoms. The van der Waals surface area contributed by atoms with Crippen LogP contribution in [0.25, 0.3) is 0 Å². The topological polar surface area (TPSA) is 79.0 Å². The maximum absolute atomic E-state index is 10.7. The Balaban J connectivity index is 2.23. The number of hydrogen-bond acceptors (Lipinski definition) is 5. The van der Waals surface area contributed by atoms with Gasteiger partial charge in [0.2, 0.25) is 0 Å². The summed E-state index contributed by atoms with van der Waals surface area (Å²) >= 11 is 0. The number of nitro groups is 1. The van der Waals surface area contributed by atoms with Crippen LogP contribution in [0, 0.1) is 10.1 Å². The van der Waals surface area contributed by atoms with Crippen molar-refractivity contribution in [2.75, 3.05) is 12.1 Å². The number of nitrogens with zero attached hydrogens (tertiary/aromatic N) is 3. The van der Waals surface area contributed by atoms with Crippen molar-refractivity contribution in [2.45, 2.75) is 0 Å². The van der Waals surface area contributed by atoms with Gasteiger partial charge in [0.15, 0.2) is 0 Å². The van der Waals surface area contributed by atoms with Gasteiger partial charge in [0, 0.05) is 24.7 Å². The maximum atomic E-state index is 10.7. The van der Waals surface area contributed by atoms with Crippen LogP contribution >= 0.6 is 0 Å². The molecule has 0 heterocycles. The van der Waals surface area contributed by atoms with Crippen molar-refractivity contribution < 1.29 is 10.0 Å². The van der Waals surface area contributed by atoms with Crippen LogP contribution in [0.5, 0.6) is 5.75 Å². The molecule has 6 heteroatoms. The van der Waals surface area contributed by atoms with Gasteiger partial charge >= 0.3 is 0 Å². The fourth-order valence-corrected chi connectivity index (χ4v) is 1.62. The first kappa shape index (κ1) is 13.5. The largest absolute Gasteiger partial charge is 0.507 e. The van der Waals surface area contributed by atoms with Crippen LogP contribution in [0.3, 0.4) is 0 Å². The van der Waals surface area contributed by atoms with Crippen molar-refractivity contribution in [1.29, 1.82) is 0 Å². The zero-order valence-corrected chi connectivity index (χ0v) is 10.8. The first-order chi connectivity index (χ1) is 9.58. The SMILES string of the molecule is CN(N=Cc1cc([N+](=O)[O-])ccc1O)c1ccccc1. The lowest BCUT2D eigenvalue weighted by Crippen LogP contribution is -2.08. The second-order valence-corrected chi connectivity index (χ2v) is 4.10. The number of aromatic hydroxyl groups is 1. The van der Waals surface area contributed by atoms with Crippen LogP contribution in [-0.2, 0) is 0 Å². The van der Waals surface area contributed by atoms with Crippen molar-refractivity contribution in [2.24, 2.45) is 5.10 Å². The van der Waals surface area contributed by atoms with Crippen molar-refractivity contribution in [3.63, 3.8) is 0 Å². The Bertz CT molecular complexity index is 641. The second-order valence-electron chi connectivity index (χ2n) is 4.10. The Kier molecular flexibility index (Phi) is 3.95. The summed E-state index contributed by atoms with van der Waals surface area (Å²) in [6, 6.07) is 13.2. The van der Waals surface area contributed by atoms with Gasteiger partial charge in [0.1, 0.15) is 5.75 Å². The number of para-hydroxylation sites is 1. The first-order valence-corrected chi connectivity index (χ1v) is 5.88. The number of hydrazone groups is 1. The van der Waals surface area contributed by atoms with E-state index in [9.17, 15) is 15.2 Å². The molecule has 20 heavy (non-hydrogen) atoms. The average Bonchev–Trinajstić information content (AvgIpc) is 2.46. The zero-order chi connectivity index (χ0) is 14.5. The molecular formula is C14H13N3O3. The summed E-state index contributed by atoms with van der Waals surface area (Å²) in [6.07, 6.45) is 1.38.